The summed E-state index contributed by atoms with van der Waals surface area (Å²) in [6.07, 6.45) is 0.228. The highest BCUT2D eigenvalue weighted by Gasteiger charge is 2.04. The predicted molar refractivity (Wildman–Crippen MR) is 61.3 cm³/mol. The number of anilines is 1. The van der Waals surface area contributed by atoms with Crippen LogP contribution >= 0.6 is 0 Å². The maximum Gasteiger partial charge on any atom is 0.124 e. The van der Waals surface area contributed by atoms with Crippen LogP contribution in [0.4, 0.5) is 5.69 Å². The first kappa shape index (κ1) is 10.9. The molecule has 0 saturated carbocycles. The van der Waals surface area contributed by atoms with Crippen LogP contribution in [-0.2, 0) is 0 Å². The van der Waals surface area contributed by atoms with Crippen molar-refractivity contribution < 1.29 is 4.74 Å². The van der Waals surface area contributed by atoms with Gasteiger partial charge in [-0.2, -0.15) is 0 Å². The lowest BCUT2D eigenvalue weighted by atomic mass is 10.2. The van der Waals surface area contributed by atoms with Crippen LogP contribution in [0.25, 0.3) is 0 Å². The fourth-order valence-corrected chi connectivity index (χ4v) is 1.25. The van der Waals surface area contributed by atoms with Gasteiger partial charge >= 0.3 is 0 Å². The maximum absolute atomic E-state index is 5.71. The molecule has 0 atom stereocenters. The molecule has 0 aromatic heterocycles. The van der Waals surface area contributed by atoms with Crippen molar-refractivity contribution in [3.8, 4) is 5.75 Å². The second-order valence-corrected chi connectivity index (χ2v) is 4.01. The van der Waals surface area contributed by atoms with Gasteiger partial charge in [-0.3, -0.25) is 0 Å². The summed E-state index contributed by atoms with van der Waals surface area (Å²) in [7, 11) is 4.06. The number of hydrogen-bond acceptors (Lipinski definition) is 2. The van der Waals surface area contributed by atoms with Crippen molar-refractivity contribution >= 4 is 5.69 Å². The van der Waals surface area contributed by atoms with E-state index in [1.165, 1.54) is 11.3 Å². The standard InChI is InChI=1S/C12H19NO/c1-9(2)14-12-8-11(13(4)5)7-6-10(12)3/h6-9H,1-5H3. The van der Waals surface area contributed by atoms with Crippen molar-refractivity contribution in [2.75, 3.05) is 19.0 Å². The van der Waals surface area contributed by atoms with Crippen LogP contribution in [0, 0.1) is 6.92 Å². The minimum absolute atomic E-state index is 0.228. The zero-order valence-corrected chi connectivity index (χ0v) is 9.66. The van der Waals surface area contributed by atoms with E-state index in [4.69, 9.17) is 4.74 Å². The zero-order valence-electron chi connectivity index (χ0n) is 9.66. The molecule has 0 fully saturated rings. The Balaban J connectivity index is 2.96. The van der Waals surface area contributed by atoms with Gasteiger partial charge in [0, 0.05) is 25.8 Å². The highest BCUT2D eigenvalue weighted by Crippen LogP contribution is 2.24. The van der Waals surface area contributed by atoms with Gasteiger partial charge in [-0.15, -0.1) is 0 Å². The van der Waals surface area contributed by atoms with E-state index >= 15 is 0 Å². The Kier molecular flexibility index (Phi) is 3.39. The third-order valence-electron chi connectivity index (χ3n) is 2.05. The Labute approximate surface area is 86.5 Å². The highest BCUT2D eigenvalue weighted by atomic mass is 16.5. The first-order valence-corrected chi connectivity index (χ1v) is 4.95. The summed E-state index contributed by atoms with van der Waals surface area (Å²) in [5.74, 6) is 0.978. The molecule has 0 heterocycles. The second-order valence-electron chi connectivity index (χ2n) is 4.01. The molecule has 0 aliphatic carbocycles. The Morgan fingerprint density at radius 1 is 1.21 bits per heavy atom. The fraction of sp³-hybridized carbons (Fsp3) is 0.500. The van der Waals surface area contributed by atoms with E-state index in [-0.39, 0.29) is 6.10 Å². The molecule has 14 heavy (non-hydrogen) atoms. The Hall–Kier alpha value is -1.18. The normalized spacial score (nSPS) is 10.4. The second kappa shape index (κ2) is 4.36. The van der Waals surface area contributed by atoms with E-state index < -0.39 is 0 Å². The molecule has 2 nitrogen and oxygen atoms in total. The SMILES string of the molecule is Cc1ccc(N(C)C)cc1OC(C)C. The summed E-state index contributed by atoms with van der Waals surface area (Å²) >= 11 is 0. The van der Waals surface area contributed by atoms with E-state index in [2.05, 4.69) is 30.0 Å². The number of nitrogens with zero attached hydrogens (tertiary/aromatic N) is 1. The van der Waals surface area contributed by atoms with Crippen molar-refractivity contribution in [2.24, 2.45) is 0 Å². The van der Waals surface area contributed by atoms with Gasteiger partial charge in [-0.1, -0.05) is 6.07 Å². The lowest BCUT2D eigenvalue weighted by Crippen LogP contribution is -2.11. The topological polar surface area (TPSA) is 12.5 Å². The largest absolute Gasteiger partial charge is 0.491 e. The van der Waals surface area contributed by atoms with Crippen LogP contribution in [0.3, 0.4) is 0 Å². The van der Waals surface area contributed by atoms with Gasteiger partial charge in [0.1, 0.15) is 5.75 Å². The number of aryl methyl sites for hydroxylation is 1. The van der Waals surface area contributed by atoms with Crippen LogP contribution in [0.2, 0.25) is 0 Å². The van der Waals surface area contributed by atoms with Crippen LogP contribution in [0.15, 0.2) is 18.2 Å². The molecule has 0 spiro atoms. The molecule has 0 aliphatic rings. The van der Waals surface area contributed by atoms with Crippen molar-refractivity contribution in [3.63, 3.8) is 0 Å². The van der Waals surface area contributed by atoms with Gasteiger partial charge in [0.15, 0.2) is 0 Å². The average molecular weight is 193 g/mol. The smallest absolute Gasteiger partial charge is 0.124 e. The molecule has 0 radical (unpaired) electrons. The summed E-state index contributed by atoms with van der Waals surface area (Å²) in [4.78, 5) is 2.08. The van der Waals surface area contributed by atoms with E-state index in [1.807, 2.05) is 27.9 Å². The van der Waals surface area contributed by atoms with Crippen LogP contribution in [0.1, 0.15) is 19.4 Å². The van der Waals surface area contributed by atoms with Crippen LogP contribution in [0.5, 0.6) is 5.75 Å². The van der Waals surface area contributed by atoms with E-state index in [9.17, 15) is 0 Å². The minimum atomic E-state index is 0.228. The first-order chi connectivity index (χ1) is 6.50. The summed E-state index contributed by atoms with van der Waals surface area (Å²) < 4.78 is 5.71. The van der Waals surface area contributed by atoms with Gasteiger partial charge in [-0.05, 0) is 32.4 Å². The zero-order chi connectivity index (χ0) is 10.7. The lowest BCUT2D eigenvalue weighted by molar-refractivity contribution is 0.241. The molecule has 0 amide bonds. The van der Waals surface area contributed by atoms with E-state index in [0.29, 0.717) is 0 Å². The maximum atomic E-state index is 5.71. The van der Waals surface area contributed by atoms with Gasteiger partial charge in [0.2, 0.25) is 0 Å². The third kappa shape index (κ3) is 2.66. The summed E-state index contributed by atoms with van der Waals surface area (Å²) in [6, 6.07) is 6.27. The number of rotatable bonds is 3. The minimum Gasteiger partial charge on any atom is -0.491 e. The molecule has 0 N–H and O–H groups in total. The van der Waals surface area contributed by atoms with Gasteiger partial charge < -0.3 is 9.64 Å². The molecule has 1 aromatic carbocycles. The number of benzene rings is 1. The Morgan fingerprint density at radius 2 is 1.86 bits per heavy atom. The monoisotopic (exact) mass is 193 g/mol. The molecule has 1 rings (SSSR count). The molecule has 2 heteroatoms. The van der Waals surface area contributed by atoms with Gasteiger partial charge in [0.05, 0.1) is 6.10 Å². The molecule has 0 unspecified atom stereocenters. The van der Waals surface area contributed by atoms with Crippen molar-refractivity contribution in [2.45, 2.75) is 26.9 Å². The first-order valence-electron chi connectivity index (χ1n) is 4.95. The fourth-order valence-electron chi connectivity index (χ4n) is 1.25. The van der Waals surface area contributed by atoms with Crippen molar-refractivity contribution in [3.05, 3.63) is 23.8 Å². The molecule has 78 valence electrons. The Morgan fingerprint density at radius 3 is 2.36 bits per heavy atom. The molecule has 0 saturated heterocycles. The summed E-state index contributed by atoms with van der Waals surface area (Å²) in [6.45, 7) is 6.15. The van der Waals surface area contributed by atoms with Gasteiger partial charge in [-0.25, -0.2) is 0 Å². The van der Waals surface area contributed by atoms with E-state index in [1.54, 1.807) is 0 Å². The number of hydrogen-bond donors (Lipinski definition) is 0. The highest BCUT2D eigenvalue weighted by molar-refractivity contribution is 5.52. The summed E-state index contributed by atoms with van der Waals surface area (Å²) in [5.41, 5.74) is 2.36. The van der Waals surface area contributed by atoms with Crippen molar-refractivity contribution in [1.82, 2.24) is 0 Å². The molecular formula is C12H19NO. The molecular weight excluding hydrogens is 174 g/mol. The van der Waals surface area contributed by atoms with Crippen LogP contribution < -0.4 is 9.64 Å². The summed E-state index contributed by atoms with van der Waals surface area (Å²) in [5, 5.41) is 0. The third-order valence-corrected chi connectivity index (χ3v) is 2.05. The predicted octanol–water partition coefficient (Wildman–Crippen LogP) is 2.85. The quantitative estimate of drug-likeness (QED) is 0.732. The average Bonchev–Trinajstić information content (AvgIpc) is 2.07. The molecule has 1 aromatic rings. The van der Waals surface area contributed by atoms with Crippen molar-refractivity contribution in [1.29, 1.82) is 0 Å². The number of ether oxygens (including phenoxy) is 1. The van der Waals surface area contributed by atoms with E-state index in [0.717, 1.165) is 5.75 Å². The van der Waals surface area contributed by atoms with Crippen LogP contribution in [-0.4, -0.2) is 20.2 Å². The molecule has 0 aliphatic heterocycles. The van der Waals surface area contributed by atoms with Gasteiger partial charge in [0.25, 0.3) is 0 Å². The Bertz CT molecular complexity index is 305. The molecule has 0 bridgehead atoms. The lowest BCUT2D eigenvalue weighted by Gasteiger charge is -2.17.